The Balaban J connectivity index is 2.55. The van der Waals surface area contributed by atoms with Gasteiger partial charge in [-0.3, -0.25) is 0 Å². The van der Waals surface area contributed by atoms with Crippen LogP contribution in [0.25, 0.3) is 0 Å². The van der Waals surface area contributed by atoms with Crippen molar-refractivity contribution in [2.24, 2.45) is 5.92 Å². The molecule has 0 aliphatic heterocycles. The normalized spacial score (nSPS) is 15.4. The first-order valence-electron chi connectivity index (χ1n) is 5.50. The predicted molar refractivity (Wildman–Crippen MR) is 59.1 cm³/mol. The number of rotatable bonds is 6. The summed E-state index contributed by atoms with van der Waals surface area (Å²) in [5.74, 6) is 1.80. The summed E-state index contributed by atoms with van der Waals surface area (Å²) in [4.78, 5) is 7.48. The second kappa shape index (κ2) is 5.81. The number of H-pyrrole nitrogens is 1. The molecular formula is C11H21N3. The van der Waals surface area contributed by atoms with Gasteiger partial charge in [-0.15, -0.1) is 0 Å². The minimum atomic E-state index is 0.380. The first-order chi connectivity index (χ1) is 6.77. The van der Waals surface area contributed by atoms with Crippen molar-refractivity contribution >= 4 is 0 Å². The summed E-state index contributed by atoms with van der Waals surface area (Å²) in [6.07, 6.45) is 6.08. The highest BCUT2D eigenvalue weighted by Gasteiger charge is 2.14. The number of nitrogens with zero attached hydrogens (tertiary/aromatic N) is 1. The fraction of sp³-hybridized carbons (Fsp3) is 0.727. The number of aromatic amines is 1. The third-order valence-corrected chi connectivity index (χ3v) is 2.63. The van der Waals surface area contributed by atoms with Crippen molar-refractivity contribution < 1.29 is 0 Å². The zero-order valence-electron chi connectivity index (χ0n) is 9.38. The summed E-state index contributed by atoms with van der Waals surface area (Å²) < 4.78 is 0. The Hall–Kier alpha value is -0.830. The molecule has 0 aromatic carbocycles. The van der Waals surface area contributed by atoms with Gasteiger partial charge in [0.15, 0.2) is 0 Å². The highest BCUT2D eigenvalue weighted by molar-refractivity contribution is 4.95. The summed E-state index contributed by atoms with van der Waals surface area (Å²) in [6, 6.07) is 0.380. The van der Waals surface area contributed by atoms with Crippen molar-refractivity contribution in [2.75, 3.05) is 6.54 Å². The highest BCUT2D eigenvalue weighted by atomic mass is 15.0. The van der Waals surface area contributed by atoms with Crippen LogP contribution in [-0.2, 0) is 0 Å². The number of aromatic nitrogens is 2. The molecule has 1 rings (SSSR count). The zero-order valence-corrected chi connectivity index (χ0v) is 9.38. The molecule has 0 saturated carbocycles. The van der Waals surface area contributed by atoms with Crippen LogP contribution in [0.3, 0.4) is 0 Å². The Morgan fingerprint density at radius 1 is 1.50 bits per heavy atom. The molecule has 0 saturated heterocycles. The molecule has 0 aliphatic rings. The second-order valence-electron chi connectivity index (χ2n) is 3.83. The van der Waals surface area contributed by atoms with Gasteiger partial charge in [0, 0.05) is 12.4 Å². The van der Waals surface area contributed by atoms with Gasteiger partial charge in [-0.1, -0.05) is 27.2 Å². The first kappa shape index (κ1) is 11.2. The van der Waals surface area contributed by atoms with E-state index in [1.807, 2.05) is 12.4 Å². The van der Waals surface area contributed by atoms with Crippen LogP contribution in [0.4, 0.5) is 0 Å². The largest absolute Gasteiger partial charge is 0.347 e. The minimum Gasteiger partial charge on any atom is -0.347 e. The van der Waals surface area contributed by atoms with Gasteiger partial charge in [-0.25, -0.2) is 4.98 Å². The third-order valence-electron chi connectivity index (χ3n) is 2.63. The molecule has 1 heterocycles. The van der Waals surface area contributed by atoms with Crippen molar-refractivity contribution in [3.8, 4) is 0 Å². The van der Waals surface area contributed by atoms with Gasteiger partial charge in [-0.05, 0) is 18.9 Å². The molecule has 1 aromatic rings. The number of imidazole rings is 1. The zero-order chi connectivity index (χ0) is 10.4. The summed E-state index contributed by atoms with van der Waals surface area (Å²) in [5, 5.41) is 3.46. The van der Waals surface area contributed by atoms with E-state index < -0.39 is 0 Å². The molecule has 0 bridgehead atoms. The summed E-state index contributed by atoms with van der Waals surface area (Å²) in [7, 11) is 0. The molecule has 0 amide bonds. The van der Waals surface area contributed by atoms with E-state index in [4.69, 9.17) is 0 Å². The van der Waals surface area contributed by atoms with Gasteiger partial charge < -0.3 is 10.3 Å². The average molecular weight is 195 g/mol. The molecule has 80 valence electrons. The molecule has 14 heavy (non-hydrogen) atoms. The smallest absolute Gasteiger partial charge is 0.123 e. The van der Waals surface area contributed by atoms with Gasteiger partial charge in [-0.2, -0.15) is 0 Å². The highest BCUT2D eigenvalue weighted by Crippen LogP contribution is 2.19. The van der Waals surface area contributed by atoms with Crippen molar-refractivity contribution in [2.45, 2.75) is 39.7 Å². The number of hydrogen-bond donors (Lipinski definition) is 2. The molecule has 0 aliphatic carbocycles. The van der Waals surface area contributed by atoms with Crippen molar-refractivity contribution in [3.05, 3.63) is 18.2 Å². The van der Waals surface area contributed by atoms with Gasteiger partial charge in [0.2, 0.25) is 0 Å². The maximum Gasteiger partial charge on any atom is 0.123 e. The molecule has 0 spiro atoms. The average Bonchev–Trinajstić information content (AvgIpc) is 2.69. The molecule has 1 aromatic heterocycles. The van der Waals surface area contributed by atoms with Crippen LogP contribution in [0, 0.1) is 5.92 Å². The fourth-order valence-electron chi connectivity index (χ4n) is 1.58. The Kier molecular flexibility index (Phi) is 4.66. The Morgan fingerprint density at radius 3 is 2.79 bits per heavy atom. The Labute approximate surface area is 86.3 Å². The van der Waals surface area contributed by atoms with Crippen LogP contribution in [-0.4, -0.2) is 16.5 Å². The maximum atomic E-state index is 4.30. The van der Waals surface area contributed by atoms with Crippen LogP contribution in [0.5, 0.6) is 0 Å². The lowest BCUT2D eigenvalue weighted by Gasteiger charge is -2.18. The Bertz CT molecular complexity index is 231. The van der Waals surface area contributed by atoms with Gasteiger partial charge in [0.05, 0.1) is 6.04 Å². The van der Waals surface area contributed by atoms with Gasteiger partial charge >= 0.3 is 0 Å². The minimum absolute atomic E-state index is 0.380. The lowest BCUT2D eigenvalue weighted by Crippen LogP contribution is -2.23. The monoisotopic (exact) mass is 195 g/mol. The van der Waals surface area contributed by atoms with E-state index in [0.717, 1.165) is 24.7 Å². The topological polar surface area (TPSA) is 40.7 Å². The summed E-state index contributed by atoms with van der Waals surface area (Å²) in [5.41, 5.74) is 0. The molecule has 0 fully saturated rings. The standard InChI is InChI=1S/C11H21N3/c1-4-9(3)8-10(12-5-2)11-13-6-7-14-11/h6-7,9-10,12H,4-5,8H2,1-3H3,(H,13,14). The van der Waals surface area contributed by atoms with Gasteiger partial charge in [0.1, 0.15) is 5.82 Å². The van der Waals surface area contributed by atoms with E-state index in [1.54, 1.807) is 0 Å². The van der Waals surface area contributed by atoms with Crippen LogP contribution < -0.4 is 5.32 Å². The van der Waals surface area contributed by atoms with Crippen molar-refractivity contribution in [1.82, 2.24) is 15.3 Å². The Morgan fingerprint density at radius 2 is 2.29 bits per heavy atom. The van der Waals surface area contributed by atoms with E-state index in [0.29, 0.717) is 6.04 Å². The van der Waals surface area contributed by atoms with E-state index in [1.165, 1.54) is 6.42 Å². The van der Waals surface area contributed by atoms with E-state index in [2.05, 4.69) is 36.1 Å². The predicted octanol–water partition coefficient (Wildman–Crippen LogP) is 2.50. The maximum absolute atomic E-state index is 4.30. The molecule has 2 N–H and O–H groups in total. The molecule has 0 radical (unpaired) electrons. The van der Waals surface area contributed by atoms with E-state index in [-0.39, 0.29) is 0 Å². The van der Waals surface area contributed by atoms with Crippen LogP contribution in [0.1, 0.15) is 45.5 Å². The molecule has 3 nitrogen and oxygen atoms in total. The molecule has 2 unspecified atom stereocenters. The quantitative estimate of drug-likeness (QED) is 0.732. The molecular weight excluding hydrogens is 174 g/mol. The number of nitrogens with one attached hydrogen (secondary N) is 2. The van der Waals surface area contributed by atoms with Gasteiger partial charge in [0.25, 0.3) is 0 Å². The SMILES string of the molecule is CCNC(CC(C)CC)c1ncc[nH]1. The molecule has 3 heteroatoms. The number of hydrogen-bond acceptors (Lipinski definition) is 2. The van der Waals surface area contributed by atoms with E-state index in [9.17, 15) is 0 Å². The fourth-order valence-corrected chi connectivity index (χ4v) is 1.58. The van der Waals surface area contributed by atoms with Crippen molar-refractivity contribution in [3.63, 3.8) is 0 Å². The lowest BCUT2D eigenvalue weighted by molar-refractivity contribution is 0.397. The molecule has 2 atom stereocenters. The lowest BCUT2D eigenvalue weighted by atomic mass is 9.99. The van der Waals surface area contributed by atoms with Crippen LogP contribution in [0.15, 0.2) is 12.4 Å². The summed E-state index contributed by atoms with van der Waals surface area (Å²) in [6.45, 7) is 7.64. The van der Waals surface area contributed by atoms with Crippen LogP contribution >= 0.6 is 0 Å². The summed E-state index contributed by atoms with van der Waals surface area (Å²) >= 11 is 0. The second-order valence-corrected chi connectivity index (χ2v) is 3.83. The third kappa shape index (κ3) is 3.14. The van der Waals surface area contributed by atoms with Crippen molar-refractivity contribution in [1.29, 1.82) is 0 Å². The van der Waals surface area contributed by atoms with E-state index >= 15 is 0 Å². The van der Waals surface area contributed by atoms with Crippen LogP contribution in [0.2, 0.25) is 0 Å². The first-order valence-corrected chi connectivity index (χ1v) is 5.50.